The third kappa shape index (κ3) is 3.05. The van der Waals surface area contributed by atoms with Crippen molar-refractivity contribution in [3.05, 3.63) is 87.9 Å². The van der Waals surface area contributed by atoms with Gasteiger partial charge in [0.05, 0.1) is 5.02 Å². The molecule has 0 aliphatic carbocycles. The van der Waals surface area contributed by atoms with Crippen molar-refractivity contribution in [1.29, 1.82) is 0 Å². The molecular formula is C22H17ClF2N2O2. The molecule has 0 aromatic heterocycles. The number of halogens is 3. The summed E-state index contributed by atoms with van der Waals surface area (Å²) in [4.78, 5) is 11.9. The van der Waals surface area contributed by atoms with Crippen LogP contribution in [0.1, 0.15) is 21.5 Å². The van der Waals surface area contributed by atoms with Gasteiger partial charge in [-0.2, -0.15) is 0 Å². The molecule has 1 unspecified atom stereocenters. The van der Waals surface area contributed by atoms with E-state index in [1.807, 2.05) is 30.3 Å². The highest BCUT2D eigenvalue weighted by molar-refractivity contribution is 6.34. The predicted molar refractivity (Wildman–Crippen MR) is 107 cm³/mol. The van der Waals surface area contributed by atoms with Gasteiger partial charge in [0.1, 0.15) is 17.4 Å². The number of hydrogen-bond donors (Lipinski definition) is 2. The summed E-state index contributed by atoms with van der Waals surface area (Å²) < 4.78 is 35.6. The third-order valence-corrected chi connectivity index (χ3v) is 5.58. The molecule has 148 valence electrons. The molecule has 0 saturated heterocycles. The summed E-state index contributed by atoms with van der Waals surface area (Å²) in [5.41, 5.74) is 11.6. The highest BCUT2D eigenvalue weighted by atomic mass is 35.5. The van der Waals surface area contributed by atoms with E-state index in [0.717, 1.165) is 11.6 Å². The lowest BCUT2D eigenvalue weighted by molar-refractivity contribution is 0.1000. The summed E-state index contributed by atoms with van der Waals surface area (Å²) >= 11 is 6.26. The molecule has 0 bridgehead atoms. The van der Waals surface area contributed by atoms with Crippen molar-refractivity contribution >= 4 is 17.5 Å². The van der Waals surface area contributed by atoms with Crippen LogP contribution in [0.3, 0.4) is 0 Å². The number of nitrogens with two attached hydrogens (primary N) is 2. The van der Waals surface area contributed by atoms with Crippen LogP contribution in [0.4, 0.5) is 8.78 Å². The van der Waals surface area contributed by atoms with Crippen LogP contribution in [0.15, 0.2) is 54.6 Å². The Morgan fingerprint density at radius 1 is 1.07 bits per heavy atom. The first-order valence-corrected chi connectivity index (χ1v) is 9.30. The number of rotatable bonds is 4. The minimum atomic E-state index is -0.965. The molecule has 29 heavy (non-hydrogen) atoms. The molecule has 1 heterocycles. The van der Waals surface area contributed by atoms with Gasteiger partial charge in [0, 0.05) is 41.3 Å². The van der Waals surface area contributed by atoms with Crippen LogP contribution in [0.2, 0.25) is 5.02 Å². The maximum atomic E-state index is 14.8. The molecule has 0 spiro atoms. The van der Waals surface area contributed by atoms with Gasteiger partial charge in [-0.15, -0.1) is 0 Å². The van der Waals surface area contributed by atoms with Crippen LogP contribution in [0, 0.1) is 11.6 Å². The van der Waals surface area contributed by atoms with Crippen LogP contribution in [-0.2, 0) is 12.0 Å². The van der Waals surface area contributed by atoms with Gasteiger partial charge in [-0.05, 0) is 17.7 Å². The van der Waals surface area contributed by atoms with E-state index < -0.39 is 23.1 Å². The molecule has 0 saturated carbocycles. The van der Waals surface area contributed by atoms with E-state index in [1.54, 1.807) is 0 Å². The molecule has 1 aliphatic rings. The summed E-state index contributed by atoms with van der Waals surface area (Å²) in [7, 11) is 0. The van der Waals surface area contributed by atoms with Gasteiger partial charge in [-0.25, -0.2) is 8.78 Å². The third-order valence-electron chi connectivity index (χ3n) is 5.21. The number of carbonyl (C=O) groups is 1. The van der Waals surface area contributed by atoms with Crippen LogP contribution < -0.4 is 16.2 Å². The fourth-order valence-corrected chi connectivity index (χ4v) is 4.08. The van der Waals surface area contributed by atoms with Gasteiger partial charge < -0.3 is 16.2 Å². The minimum absolute atomic E-state index is 0.0554. The largest absolute Gasteiger partial charge is 0.480 e. The first-order valence-electron chi connectivity index (χ1n) is 8.92. The Morgan fingerprint density at radius 2 is 1.79 bits per heavy atom. The average molecular weight is 415 g/mol. The maximum Gasteiger partial charge on any atom is 0.249 e. The van der Waals surface area contributed by atoms with E-state index >= 15 is 0 Å². The molecule has 4 N–H and O–H groups in total. The first-order chi connectivity index (χ1) is 13.9. The van der Waals surface area contributed by atoms with Gasteiger partial charge in [-0.3, -0.25) is 4.79 Å². The Morgan fingerprint density at radius 3 is 2.45 bits per heavy atom. The quantitative estimate of drug-likeness (QED) is 0.672. The maximum absolute atomic E-state index is 14.8. The van der Waals surface area contributed by atoms with E-state index in [-0.39, 0.29) is 40.4 Å². The van der Waals surface area contributed by atoms with E-state index in [9.17, 15) is 13.6 Å². The Kier molecular flexibility index (Phi) is 4.76. The molecule has 1 atom stereocenters. The van der Waals surface area contributed by atoms with Gasteiger partial charge >= 0.3 is 0 Å². The summed E-state index contributed by atoms with van der Waals surface area (Å²) in [5.74, 6) is -2.17. The first kappa shape index (κ1) is 19.4. The van der Waals surface area contributed by atoms with Crippen LogP contribution in [0.5, 0.6) is 5.75 Å². The molecule has 7 heteroatoms. The van der Waals surface area contributed by atoms with E-state index in [4.69, 9.17) is 27.8 Å². The van der Waals surface area contributed by atoms with Crippen molar-refractivity contribution in [3.8, 4) is 16.9 Å². The zero-order chi connectivity index (χ0) is 20.8. The lowest BCUT2D eigenvalue weighted by atomic mass is 9.85. The molecule has 0 radical (unpaired) electrons. The Balaban J connectivity index is 1.98. The van der Waals surface area contributed by atoms with Crippen LogP contribution >= 0.6 is 11.6 Å². The molecule has 1 aliphatic heterocycles. The molecule has 1 amide bonds. The van der Waals surface area contributed by atoms with Crippen molar-refractivity contribution in [2.45, 2.75) is 12.0 Å². The molecule has 4 rings (SSSR count). The minimum Gasteiger partial charge on any atom is -0.480 e. The number of primary amides is 1. The summed E-state index contributed by atoms with van der Waals surface area (Å²) in [6.45, 7) is 0.102. The fraction of sp³-hybridized carbons (Fsp3) is 0.136. The van der Waals surface area contributed by atoms with Gasteiger partial charge in [0.15, 0.2) is 5.60 Å². The van der Waals surface area contributed by atoms with E-state index in [1.165, 1.54) is 18.2 Å². The highest BCUT2D eigenvalue weighted by Gasteiger charge is 2.43. The second kappa shape index (κ2) is 7.13. The van der Waals surface area contributed by atoms with E-state index in [2.05, 4.69) is 0 Å². The molecule has 4 nitrogen and oxygen atoms in total. The Hall–Kier alpha value is -2.96. The van der Waals surface area contributed by atoms with Crippen LogP contribution in [-0.4, -0.2) is 12.5 Å². The second-order valence-corrected chi connectivity index (χ2v) is 7.27. The smallest absolute Gasteiger partial charge is 0.249 e. The zero-order valence-electron chi connectivity index (χ0n) is 15.2. The second-order valence-electron chi connectivity index (χ2n) is 6.89. The monoisotopic (exact) mass is 414 g/mol. The SMILES string of the molecule is NCC1(c2ccccc2)Cc2c(cc(F)c(Cl)c2-c2c(F)cccc2C(N)=O)O1. The number of amides is 1. The average Bonchev–Trinajstić information content (AvgIpc) is 3.09. The number of hydrogen-bond acceptors (Lipinski definition) is 3. The Bertz CT molecular complexity index is 1120. The van der Waals surface area contributed by atoms with Crippen molar-refractivity contribution in [2.75, 3.05) is 6.54 Å². The summed E-state index contributed by atoms with van der Waals surface area (Å²) in [5, 5.41) is -0.305. The van der Waals surface area contributed by atoms with Gasteiger partial charge in [0.25, 0.3) is 0 Å². The molecular weight excluding hydrogens is 398 g/mol. The molecule has 3 aromatic rings. The summed E-state index contributed by atoms with van der Waals surface area (Å²) in [6, 6.07) is 14.3. The van der Waals surface area contributed by atoms with E-state index in [0.29, 0.717) is 5.56 Å². The number of carbonyl (C=O) groups excluding carboxylic acids is 1. The lowest BCUT2D eigenvalue weighted by Gasteiger charge is -2.27. The van der Waals surface area contributed by atoms with Crippen LogP contribution in [0.25, 0.3) is 11.1 Å². The van der Waals surface area contributed by atoms with Gasteiger partial charge in [0.2, 0.25) is 5.91 Å². The highest BCUT2D eigenvalue weighted by Crippen LogP contribution is 2.49. The topological polar surface area (TPSA) is 78.3 Å². The zero-order valence-corrected chi connectivity index (χ0v) is 16.0. The van der Waals surface area contributed by atoms with Crippen molar-refractivity contribution in [2.24, 2.45) is 11.5 Å². The van der Waals surface area contributed by atoms with Crippen molar-refractivity contribution < 1.29 is 18.3 Å². The normalized spacial score (nSPS) is 17.7. The number of fused-ring (bicyclic) bond motifs is 1. The van der Waals surface area contributed by atoms with Crippen molar-refractivity contribution in [3.63, 3.8) is 0 Å². The summed E-state index contributed by atoms with van der Waals surface area (Å²) in [6.07, 6.45) is 0.227. The lowest BCUT2D eigenvalue weighted by Crippen LogP contribution is -2.39. The number of ether oxygens (including phenoxy) is 1. The number of benzene rings is 3. The molecule has 3 aromatic carbocycles. The Labute approximate surface area is 171 Å². The van der Waals surface area contributed by atoms with Crippen molar-refractivity contribution in [1.82, 2.24) is 0 Å². The fourth-order valence-electron chi connectivity index (χ4n) is 3.82. The standard InChI is InChI=1S/C22H17ClF2N2O2/c23-20-16(25)9-17-14(10-22(11-26,29-17)12-5-2-1-3-6-12)19(20)18-13(21(27)28)7-4-8-15(18)24/h1-9H,10-11,26H2,(H2,27,28). The van der Waals surface area contributed by atoms with Gasteiger partial charge in [-0.1, -0.05) is 48.0 Å². The molecule has 0 fully saturated rings. The predicted octanol–water partition coefficient (Wildman–Crippen LogP) is 4.17.